The molecule has 0 aliphatic heterocycles. The van der Waals surface area contributed by atoms with Gasteiger partial charge in [-0.1, -0.05) is 106 Å². The van der Waals surface area contributed by atoms with E-state index in [1.807, 2.05) is 0 Å². The topological polar surface area (TPSA) is 26.0 Å². The first-order valence-electron chi connectivity index (χ1n) is 12.2. The Hall–Kier alpha value is -2.80. The molecule has 0 radical (unpaired) electrons. The molecule has 2 N–H and O–H groups in total. The van der Waals surface area contributed by atoms with Crippen LogP contribution in [-0.4, -0.2) is 0 Å². The lowest BCUT2D eigenvalue weighted by Crippen LogP contribution is -1.94. The van der Waals surface area contributed by atoms with E-state index in [4.69, 9.17) is 5.73 Å². The van der Waals surface area contributed by atoms with E-state index in [9.17, 15) is 0 Å². The molecule has 0 aliphatic rings. The van der Waals surface area contributed by atoms with Crippen LogP contribution in [0.5, 0.6) is 0 Å². The second-order valence-electron chi connectivity index (χ2n) is 9.21. The van der Waals surface area contributed by atoms with Gasteiger partial charge < -0.3 is 5.73 Å². The third-order valence-electron chi connectivity index (χ3n) is 6.99. The van der Waals surface area contributed by atoms with Crippen molar-refractivity contribution in [2.24, 2.45) is 0 Å². The molecular weight excluding hydrogens is 374 g/mol. The smallest absolute Gasteiger partial charge is 0.0400 e. The van der Waals surface area contributed by atoms with Gasteiger partial charge in [0.2, 0.25) is 0 Å². The number of rotatable bonds is 9. The van der Waals surface area contributed by atoms with Gasteiger partial charge in [-0.2, -0.15) is 0 Å². The summed E-state index contributed by atoms with van der Waals surface area (Å²) < 4.78 is 0. The molecule has 1 nitrogen and oxygen atoms in total. The summed E-state index contributed by atoms with van der Waals surface area (Å²) in [6.45, 7) is 2.29. The fourth-order valence-corrected chi connectivity index (χ4v) is 5.43. The molecule has 31 heavy (non-hydrogen) atoms. The molecule has 5 aromatic rings. The first-order valence-corrected chi connectivity index (χ1v) is 12.2. The van der Waals surface area contributed by atoms with Gasteiger partial charge >= 0.3 is 0 Å². The molecule has 0 fully saturated rings. The third kappa shape index (κ3) is 3.71. The Balaban J connectivity index is 1.49. The largest absolute Gasteiger partial charge is 0.398 e. The number of nitrogens with two attached hydrogens (primary N) is 1. The maximum Gasteiger partial charge on any atom is 0.0400 e. The number of hydrogen-bond donors (Lipinski definition) is 1. The van der Waals surface area contributed by atoms with Gasteiger partial charge in [0.15, 0.2) is 0 Å². The quantitative estimate of drug-likeness (QED) is 0.112. The Bertz CT molecular complexity index is 1330. The molecule has 5 rings (SSSR count). The van der Waals surface area contributed by atoms with E-state index in [1.165, 1.54) is 106 Å². The van der Waals surface area contributed by atoms with Gasteiger partial charge in [0.05, 0.1) is 0 Å². The van der Waals surface area contributed by atoms with Gasteiger partial charge in [-0.15, -0.1) is 0 Å². The number of nitrogen functional groups attached to an aromatic ring is 1. The lowest BCUT2D eigenvalue weighted by atomic mass is 9.87. The summed E-state index contributed by atoms with van der Waals surface area (Å²) in [6, 6.07) is 22.4. The zero-order valence-corrected chi connectivity index (χ0v) is 18.7. The average Bonchev–Trinajstić information content (AvgIpc) is 2.79. The summed E-state index contributed by atoms with van der Waals surface area (Å²) in [6.07, 6.45) is 12.1. The Labute approximate surface area is 185 Å². The molecule has 0 heterocycles. The predicted molar refractivity (Wildman–Crippen MR) is 138 cm³/mol. The lowest BCUT2D eigenvalue weighted by molar-refractivity contribution is 0.575. The van der Waals surface area contributed by atoms with E-state index < -0.39 is 0 Å². The highest BCUT2D eigenvalue weighted by atomic mass is 14.6. The van der Waals surface area contributed by atoms with Crippen LogP contribution in [-0.2, 0) is 6.42 Å². The van der Waals surface area contributed by atoms with Crippen LogP contribution in [0.3, 0.4) is 0 Å². The minimum atomic E-state index is 0.876. The Morgan fingerprint density at radius 2 is 1.29 bits per heavy atom. The van der Waals surface area contributed by atoms with Crippen molar-refractivity contribution in [1.29, 1.82) is 0 Å². The number of anilines is 1. The summed E-state index contributed by atoms with van der Waals surface area (Å²) in [5.41, 5.74) is 8.84. The SMILES string of the molecule is CCCCCCCCCCc1cc2cccc3c4c(N)ccc5cccc(c(c1)c23)c54. The van der Waals surface area contributed by atoms with E-state index >= 15 is 0 Å². The number of benzene rings is 5. The molecule has 1 heteroatoms. The molecule has 0 saturated heterocycles. The van der Waals surface area contributed by atoms with Crippen molar-refractivity contribution < 1.29 is 0 Å². The van der Waals surface area contributed by atoms with Crippen LogP contribution in [0.1, 0.15) is 63.9 Å². The molecule has 0 saturated carbocycles. The highest BCUT2D eigenvalue weighted by Crippen LogP contribution is 2.42. The fraction of sp³-hybridized carbons (Fsp3) is 0.333. The first-order chi connectivity index (χ1) is 15.3. The van der Waals surface area contributed by atoms with Gasteiger partial charge in [-0.25, -0.2) is 0 Å². The van der Waals surface area contributed by atoms with Crippen molar-refractivity contribution in [1.82, 2.24) is 0 Å². The van der Waals surface area contributed by atoms with Crippen LogP contribution < -0.4 is 5.73 Å². The zero-order chi connectivity index (χ0) is 21.2. The van der Waals surface area contributed by atoms with Gasteiger partial charge in [0.1, 0.15) is 0 Å². The molecular formula is C30H33N. The van der Waals surface area contributed by atoms with Crippen molar-refractivity contribution in [2.75, 3.05) is 5.73 Å². The van der Waals surface area contributed by atoms with Gasteiger partial charge in [0.25, 0.3) is 0 Å². The molecule has 158 valence electrons. The van der Waals surface area contributed by atoms with Crippen molar-refractivity contribution in [3.63, 3.8) is 0 Å². The third-order valence-corrected chi connectivity index (χ3v) is 6.99. The van der Waals surface area contributed by atoms with E-state index in [0.29, 0.717) is 0 Å². The van der Waals surface area contributed by atoms with E-state index in [-0.39, 0.29) is 0 Å². The van der Waals surface area contributed by atoms with Gasteiger partial charge in [-0.05, 0) is 62.2 Å². The van der Waals surface area contributed by atoms with Crippen LogP contribution in [0, 0.1) is 0 Å². The van der Waals surface area contributed by atoms with Crippen LogP contribution in [0.4, 0.5) is 5.69 Å². The number of hydrogen-bond acceptors (Lipinski definition) is 1. The molecule has 0 atom stereocenters. The standard InChI is InChI=1S/C30H33N/c1-2-3-4-5-6-7-8-9-12-21-19-23-14-11-16-25-28(23)26(20-21)24-15-10-13-22-17-18-27(31)30(25)29(22)24/h10-11,13-20H,2-9,12,31H2,1H3. The van der Waals surface area contributed by atoms with E-state index in [2.05, 4.69) is 67.6 Å². The Morgan fingerprint density at radius 3 is 2.10 bits per heavy atom. The van der Waals surface area contributed by atoms with Crippen LogP contribution in [0.2, 0.25) is 0 Å². The van der Waals surface area contributed by atoms with E-state index in [1.54, 1.807) is 0 Å². The highest BCUT2D eigenvalue weighted by Gasteiger charge is 2.15. The average molecular weight is 408 g/mol. The molecule has 0 aromatic heterocycles. The monoisotopic (exact) mass is 407 g/mol. The zero-order valence-electron chi connectivity index (χ0n) is 18.7. The summed E-state index contributed by atoms with van der Waals surface area (Å²) in [7, 11) is 0. The molecule has 0 spiro atoms. The first kappa shape index (κ1) is 20.1. The normalized spacial score (nSPS) is 12.0. The number of unbranched alkanes of at least 4 members (excludes halogenated alkanes) is 7. The summed E-state index contributed by atoms with van der Waals surface area (Å²) >= 11 is 0. The highest BCUT2D eigenvalue weighted by molar-refractivity contribution is 6.35. The fourth-order valence-electron chi connectivity index (χ4n) is 5.43. The second kappa shape index (κ2) is 8.75. The Kier molecular flexibility index (Phi) is 5.68. The van der Waals surface area contributed by atoms with Gasteiger partial charge in [-0.3, -0.25) is 0 Å². The van der Waals surface area contributed by atoms with Crippen molar-refractivity contribution in [3.8, 4) is 0 Å². The van der Waals surface area contributed by atoms with Crippen LogP contribution in [0.25, 0.3) is 43.1 Å². The molecule has 0 bridgehead atoms. The summed E-state index contributed by atoms with van der Waals surface area (Å²) in [5, 5.41) is 10.5. The second-order valence-corrected chi connectivity index (χ2v) is 9.21. The maximum absolute atomic E-state index is 6.49. The van der Waals surface area contributed by atoms with Gasteiger partial charge in [0, 0.05) is 11.1 Å². The minimum absolute atomic E-state index is 0.876. The Morgan fingerprint density at radius 1 is 0.581 bits per heavy atom. The molecule has 0 amide bonds. The molecule has 0 unspecified atom stereocenters. The number of aryl methyl sites for hydroxylation is 1. The van der Waals surface area contributed by atoms with Crippen molar-refractivity contribution in [2.45, 2.75) is 64.7 Å². The number of fused-ring (bicyclic) bond motifs is 2. The van der Waals surface area contributed by atoms with E-state index in [0.717, 1.165) is 5.69 Å². The summed E-state index contributed by atoms with van der Waals surface area (Å²) in [5.74, 6) is 0. The lowest BCUT2D eigenvalue weighted by Gasteiger charge is -2.17. The van der Waals surface area contributed by atoms with Crippen LogP contribution >= 0.6 is 0 Å². The summed E-state index contributed by atoms with van der Waals surface area (Å²) in [4.78, 5) is 0. The van der Waals surface area contributed by atoms with Crippen molar-refractivity contribution >= 4 is 48.8 Å². The predicted octanol–water partition coefficient (Wildman–Crippen LogP) is 9.00. The maximum atomic E-state index is 6.49. The molecule has 0 aliphatic carbocycles. The van der Waals surface area contributed by atoms with Crippen LogP contribution in [0.15, 0.2) is 60.7 Å². The van der Waals surface area contributed by atoms with Crippen molar-refractivity contribution in [3.05, 3.63) is 66.2 Å². The minimum Gasteiger partial charge on any atom is -0.398 e. The molecule has 5 aromatic carbocycles.